The summed E-state index contributed by atoms with van der Waals surface area (Å²) >= 11 is 0. The SMILES string of the molecule is Cc1ccccc1CNCC(NC(=O)OC(C)(C)C)C(C)C. The second-order valence-corrected chi connectivity index (χ2v) is 7.05. The van der Waals surface area contributed by atoms with Crippen molar-refractivity contribution in [3.8, 4) is 0 Å². The van der Waals surface area contributed by atoms with Crippen LogP contribution >= 0.6 is 0 Å². The fourth-order valence-electron chi connectivity index (χ4n) is 2.08. The number of hydrogen-bond donors (Lipinski definition) is 2. The van der Waals surface area contributed by atoms with E-state index < -0.39 is 5.60 Å². The van der Waals surface area contributed by atoms with Gasteiger partial charge in [0.15, 0.2) is 0 Å². The summed E-state index contributed by atoms with van der Waals surface area (Å²) in [7, 11) is 0. The summed E-state index contributed by atoms with van der Waals surface area (Å²) in [4.78, 5) is 11.9. The van der Waals surface area contributed by atoms with E-state index in [1.807, 2.05) is 32.9 Å². The van der Waals surface area contributed by atoms with Crippen molar-refractivity contribution in [2.24, 2.45) is 5.92 Å². The molecular weight excluding hydrogens is 276 g/mol. The highest BCUT2D eigenvalue weighted by Gasteiger charge is 2.21. The van der Waals surface area contributed by atoms with Crippen molar-refractivity contribution in [2.45, 2.75) is 59.7 Å². The number of nitrogens with one attached hydrogen (secondary N) is 2. The molecule has 0 bridgehead atoms. The Kier molecular flexibility index (Phi) is 6.88. The molecule has 1 unspecified atom stereocenters. The third-order valence-corrected chi connectivity index (χ3v) is 3.45. The van der Waals surface area contributed by atoms with E-state index in [0.717, 1.165) is 6.54 Å². The Morgan fingerprint density at radius 2 is 1.86 bits per heavy atom. The number of alkyl carbamates (subject to hydrolysis) is 1. The van der Waals surface area contributed by atoms with Crippen LogP contribution in [0.4, 0.5) is 4.79 Å². The van der Waals surface area contributed by atoms with Crippen molar-refractivity contribution < 1.29 is 9.53 Å². The molecule has 4 nitrogen and oxygen atoms in total. The lowest BCUT2D eigenvalue weighted by molar-refractivity contribution is 0.0490. The van der Waals surface area contributed by atoms with Crippen LogP contribution < -0.4 is 10.6 Å². The number of benzene rings is 1. The topological polar surface area (TPSA) is 50.4 Å². The number of hydrogen-bond acceptors (Lipinski definition) is 3. The molecule has 0 saturated carbocycles. The first kappa shape index (κ1) is 18.5. The van der Waals surface area contributed by atoms with Crippen LogP contribution in [0.2, 0.25) is 0 Å². The molecule has 0 saturated heterocycles. The van der Waals surface area contributed by atoms with Crippen LogP contribution in [0.25, 0.3) is 0 Å². The summed E-state index contributed by atoms with van der Waals surface area (Å²) in [6.07, 6.45) is -0.358. The van der Waals surface area contributed by atoms with E-state index in [1.54, 1.807) is 0 Å². The van der Waals surface area contributed by atoms with Gasteiger partial charge < -0.3 is 15.4 Å². The lowest BCUT2D eigenvalue weighted by Gasteiger charge is -2.26. The molecule has 22 heavy (non-hydrogen) atoms. The minimum absolute atomic E-state index is 0.0406. The summed E-state index contributed by atoms with van der Waals surface area (Å²) in [6, 6.07) is 8.35. The molecule has 0 heterocycles. The predicted molar refractivity (Wildman–Crippen MR) is 90.9 cm³/mol. The number of ether oxygens (including phenoxy) is 1. The standard InChI is InChI=1S/C18H30N2O2/c1-13(2)16(20-17(21)22-18(4,5)6)12-19-11-15-10-8-7-9-14(15)3/h7-10,13,16,19H,11-12H2,1-6H3,(H,20,21). The zero-order valence-corrected chi connectivity index (χ0v) is 14.7. The van der Waals surface area contributed by atoms with E-state index in [-0.39, 0.29) is 12.1 Å². The van der Waals surface area contributed by atoms with E-state index in [1.165, 1.54) is 11.1 Å². The van der Waals surface area contributed by atoms with Crippen molar-refractivity contribution in [1.29, 1.82) is 0 Å². The molecule has 0 aliphatic rings. The summed E-state index contributed by atoms with van der Waals surface area (Å²) in [6.45, 7) is 13.4. The van der Waals surface area contributed by atoms with Crippen LogP contribution in [0.1, 0.15) is 45.7 Å². The van der Waals surface area contributed by atoms with E-state index in [4.69, 9.17) is 4.74 Å². The lowest BCUT2D eigenvalue weighted by atomic mass is 10.0. The number of carbonyl (C=O) groups excluding carboxylic acids is 1. The molecule has 124 valence electrons. The summed E-state index contributed by atoms with van der Waals surface area (Å²) in [5, 5.41) is 6.37. The van der Waals surface area contributed by atoms with Gasteiger partial charge >= 0.3 is 6.09 Å². The van der Waals surface area contributed by atoms with Crippen molar-refractivity contribution >= 4 is 6.09 Å². The summed E-state index contributed by atoms with van der Waals surface area (Å²) in [5.74, 6) is 0.330. The van der Waals surface area contributed by atoms with Crippen LogP contribution in [0.5, 0.6) is 0 Å². The molecule has 0 spiro atoms. The Bertz CT molecular complexity index is 478. The highest BCUT2D eigenvalue weighted by molar-refractivity contribution is 5.68. The molecule has 1 rings (SSSR count). The third-order valence-electron chi connectivity index (χ3n) is 3.45. The zero-order valence-electron chi connectivity index (χ0n) is 14.7. The third kappa shape index (κ3) is 6.94. The first-order valence-electron chi connectivity index (χ1n) is 7.94. The Morgan fingerprint density at radius 3 is 2.41 bits per heavy atom. The second-order valence-electron chi connectivity index (χ2n) is 7.05. The molecule has 1 aromatic carbocycles. The van der Waals surface area contributed by atoms with Crippen LogP contribution in [0.3, 0.4) is 0 Å². The van der Waals surface area contributed by atoms with Crippen LogP contribution in [-0.2, 0) is 11.3 Å². The first-order valence-corrected chi connectivity index (χ1v) is 7.94. The quantitative estimate of drug-likeness (QED) is 0.843. The molecule has 1 atom stereocenters. The van der Waals surface area contributed by atoms with Crippen LogP contribution in [0, 0.1) is 12.8 Å². The molecule has 4 heteroatoms. The normalized spacial score (nSPS) is 13.0. The fraction of sp³-hybridized carbons (Fsp3) is 0.611. The van der Waals surface area contributed by atoms with Gasteiger partial charge in [-0.2, -0.15) is 0 Å². The largest absolute Gasteiger partial charge is 0.444 e. The van der Waals surface area contributed by atoms with Gasteiger partial charge in [-0.3, -0.25) is 0 Å². The van der Waals surface area contributed by atoms with Gasteiger partial charge in [-0.25, -0.2) is 4.79 Å². The average Bonchev–Trinajstić information content (AvgIpc) is 2.37. The number of aryl methyl sites for hydroxylation is 1. The highest BCUT2D eigenvalue weighted by Crippen LogP contribution is 2.09. The number of amides is 1. The smallest absolute Gasteiger partial charge is 0.407 e. The Hall–Kier alpha value is -1.55. The minimum atomic E-state index is -0.472. The Balaban J connectivity index is 2.48. The van der Waals surface area contributed by atoms with Crippen LogP contribution in [0.15, 0.2) is 24.3 Å². The highest BCUT2D eigenvalue weighted by atomic mass is 16.6. The van der Waals surface area contributed by atoms with Gasteiger partial charge in [-0.15, -0.1) is 0 Å². The summed E-state index contributed by atoms with van der Waals surface area (Å²) in [5.41, 5.74) is 2.08. The molecule has 0 aliphatic heterocycles. The maximum absolute atomic E-state index is 11.9. The van der Waals surface area contributed by atoms with Crippen molar-refractivity contribution in [1.82, 2.24) is 10.6 Å². The van der Waals surface area contributed by atoms with Gasteiger partial charge in [-0.1, -0.05) is 38.1 Å². The van der Waals surface area contributed by atoms with Crippen molar-refractivity contribution in [3.05, 3.63) is 35.4 Å². The van der Waals surface area contributed by atoms with E-state index in [2.05, 4.69) is 43.5 Å². The predicted octanol–water partition coefficient (Wildman–Crippen LogP) is 3.63. The van der Waals surface area contributed by atoms with Crippen molar-refractivity contribution in [3.63, 3.8) is 0 Å². The van der Waals surface area contributed by atoms with Gasteiger partial charge in [-0.05, 0) is 44.7 Å². The minimum Gasteiger partial charge on any atom is -0.444 e. The molecular formula is C18H30N2O2. The van der Waals surface area contributed by atoms with Gasteiger partial charge in [0.05, 0.1) is 0 Å². The summed E-state index contributed by atoms with van der Waals surface area (Å²) < 4.78 is 5.32. The molecule has 2 N–H and O–H groups in total. The molecule has 0 aromatic heterocycles. The van der Waals surface area contributed by atoms with E-state index >= 15 is 0 Å². The number of rotatable bonds is 6. The lowest BCUT2D eigenvalue weighted by Crippen LogP contribution is -2.47. The van der Waals surface area contributed by atoms with Crippen molar-refractivity contribution in [2.75, 3.05) is 6.54 Å². The number of carbonyl (C=O) groups is 1. The molecule has 0 aliphatic carbocycles. The van der Waals surface area contributed by atoms with Gasteiger partial charge in [0, 0.05) is 19.1 Å². The first-order chi connectivity index (χ1) is 10.2. The Morgan fingerprint density at radius 1 is 1.23 bits per heavy atom. The molecule has 0 radical (unpaired) electrons. The molecule has 0 fully saturated rings. The van der Waals surface area contributed by atoms with E-state index in [9.17, 15) is 4.79 Å². The zero-order chi connectivity index (χ0) is 16.8. The van der Waals surface area contributed by atoms with Gasteiger partial charge in [0.1, 0.15) is 5.60 Å². The molecule has 1 amide bonds. The van der Waals surface area contributed by atoms with Gasteiger partial charge in [0.2, 0.25) is 0 Å². The fourth-order valence-corrected chi connectivity index (χ4v) is 2.08. The molecule has 1 aromatic rings. The average molecular weight is 306 g/mol. The maximum Gasteiger partial charge on any atom is 0.407 e. The van der Waals surface area contributed by atoms with Crippen LogP contribution in [-0.4, -0.2) is 24.3 Å². The van der Waals surface area contributed by atoms with Gasteiger partial charge in [0.25, 0.3) is 0 Å². The monoisotopic (exact) mass is 306 g/mol. The van der Waals surface area contributed by atoms with E-state index in [0.29, 0.717) is 12.5 Å². The Labute approximate surface area is 134 Å². The maximum atomic E-state index is 11.9. The second kappa shape index (κ2) is 8.18.